The zero-order valence-electron chi connectivity index (χ0n) is 13.2. The quantitative estimate of drug-likeness (QED) is 0.381. The van der Waals surface area contributed by atoms with E-state index in [1.165, 1.54) is 11.8 Å². The number of carbonyl (C=O) groups excluding carboxylic acids is 1. The van der Waals surface area contributed by atoms with Crippen LogP contribution >= 0.6 is 35.0 Å². The predicted molar refractivity (Wildman–Crippen MR) is 104 cm³/mol. The molecule has 3 aromatic rings. The van der Waals surface area contributed by atoms with Gasteiger partial charge in [0, 0.05) is 10.6 Å². The predicted octanol–water partition coefficient (Wildman–Crippen LogP) is 4.50. The molecule has 5 nitrogen and oxygen atoms in total. The summed E-state index contributed by atoms with van der Waals surface area (Å²) in [7, 11) is 0. The average molecular weight is 393 g/mol. The van der Waals surface area contributed by atoms with Crippen LogP contribution in [-0.2, 0) is 4.79 Å². The molecule has 0 aliphatic rings. The zero-order chi connectivity index (χ0) is 17.8. The van der Waals surface area contributed by atoms with Gasteiger partial charge in [0.2, 0.25) is 0 Å². The van der Waals surface area contributed by atoms with Crippen molar-refractivity contribution >= 4 is 57.6 Å². The number of hydrazone groups is 1. The summed E-state index contributed by atoms with van der Waals surface area (Å²) in [6.07, 6.45) is 0. The van der Waals surface area contributed by atoms with Crippen molar-refractivity contribution in [3.63, 3.8) is 0 Å². The lowest BCUT2D eigenvalue weighted by molar-refractivity contribution is -0.118. The zero-order valence-corrected chi connectivity index (χ0v) is 15.5. The molecule has 3 rings (SSSR count). The second kappa shape index (κ2) is 7.91. The molecule has 0 spiro atoms. The number of para-hydroxylation sites is 2. The highest BCUT2D eigenvalue weighted by atomic mass is 35.5. The number of aromatic nitrogens is 2. The van der Waals surface area contributed by atoms with Crippen LogP contribution in [-0.4, -0.2) is 27.3 Å². The molecule has 0 unspecified atom stereocenters. The van der Waals surface area contributed by atoms with E-state index < -0.39 is 0 Å². The molecule has 2 aromatic carbocycles. The number of amides is 1. The lowest BCUT2D eigenvalue weighted by Crippen LogP contribution is -2.21. The molecule has 0 fully saturated rings. The number of rotatable bonds is 5. The van der Waals surface area contributed by atoms with Gasteiger partial charge in [-0.25, -0.2) is 10.4 Å². The fraction of sp³-hybridized carbons (Fsp3) is 0.118. The molecule has 2 N–H and O–H groups in total. The molecule has 25 heavy (non-hydrogen) atoms. The Balaban J connectivity index is 1.58. The van der Waals surface area contributed by atoms with Crippen LogP contribution in [0.25, 0.3) is 11.0 Å². The van der Waals surface area contributed by atoms with E-state index in [1.807, 2.05) is 24.3 Å². The van der Waals surface area contributed by atoms with Crippen molar-refractivity contribution in [1.29, 1.82) is 0 Å². The molecule has 1 aromatic heterocycles. The van der Waals surface area contributed by atoms with Crippen LogP contribution in [0, 0.1) is 0 Å². The van der Waals surface area contributed by atoms with E-state index in [2.05, 4.69) is 20.5 Å². The molecule has 0 bridgehead atoms. The maximum atomic E-state index is 12.0. The molecular formula is C17H14Cl2N4OS. The van der Waals surface area contributed by atoms with Crippen LogP contribution in [0.5, 0.6) is 0 Å². The fourth-order valence-corrected chi connectivity index (χ4v) is 3.38. The summed E-state index contributed by atoms with van der Waals surface area (Å²) in [5.41, 5.74) is 5.65. The Kier molecular flexibility index (Phi) is 5.63. The van der Waals surface area contributed by atoms with Gasteiger partial charge in [-0.05, 0) is 31.2 Å². The lowest BCUT2D eigenvalue weighted by atomic mass is 10.1. The van der Waals surface area contributed by atoms with E-state index in [4.69, 9.17) is 23.2 Å². The number of halogens is 2. The largest absolute Gasteiger partial charge is 0.333 e. The van der Waals surface area contributed by atoms with E-state index in [0.29, 0.717) is 20.9 Å². The van der Waals surface area contributed by atoms with Crippen LogP contribution in [0.3, 0.4) is 0 Å². The summed E-state index contributed by atoms with van der Waals surface area (Å²) in [5.74, 6) is -0.0276. The summed E-state index contributed by atoms with van der Waals surface area (Å²) in [4.78, 5) is 19.5. The number of nitrogens with zero attached hydrogens (tertiary/aromatic N) is 2. The van der Waals surface area contributed by atoms with E-state index in [1.54, 1.807) is 25.1 Å². The molecule has 0 aliphatic heterocycles. The lowest BCUT2D eigenvalue weighted by Gasteiger charge is -2.05. The van der Waals surface area contributed by atoms with Gasteiger partial charge in [0.05, 0.1) is 27.5 Å². The number of hydrogen-bond donors (Lipinski definition) is 2. The first-order chi connectivity index (χ1) is 12.0. The van der Waals surface area contributed by atoms with Gasteiger partial charge in [-0.2, -0.15) is 5.10 Å². The topological polar surface area (TPSA) is 70.1 Å². The van der Waals surface area contributed by atoms with Crippen molar-refractivity contribution in [1.82, 2.24) is 15.4 Å². The summed E-state index contributed by atoms with van der Waals surface area (Å²) in [5, 5.41) is 5.81. The highest BCUT2D eigenvalue weighted by Gasteiger charge is 2.08. The molecule has 0 saturated heterocycles. The van der Waals surface area contributed by atoms with E-state index in [0.717, 1.165) is 16.6 Å². The number of H-pyrrole nitrogens is 1. The van der Waals surface area contributed by atoms with Crippen molar-refractivity contribution in [3.8, 4) is 0 Å². The van der Waals surface area contributed by atoms with Gasteiger partial charge >= 0.3 is 0 Å². The third-order valence-electron chi connectivity index (χ3n) is 3.38. The summed E-state index contributed by atoms with van der Waals surface area (Å²) in [6, 6.07) is 12.8. The smallest absolute Gasteiger partial charge is 0.250 e. The Hall–Kier alpha value is -2.02. The number of hydrogen-bond acceptors (Lipinski definition) is 4. The third kappa shape index (κ3) is 4.54. The Labute approximate surface area is 158 Å². The summed E-state index contributed by atoms with van der Waals surface area (Å²) in [6.45, 7) is 1.77. The fourth-order valence-electron chi connectivity index (χ4n) is 2.15. The third-order valence-corrected chi connectivity index (χ3v) is 4.80. The van der Waals surface area contributed by atoms with Crippen LogP contribution in [0.4, 0.5) is 0 Å². The minimum Gasteiger partial charge on any atom is -0.333 e. The Bertz CT molecular complexity index is 922. The normalized spacial score (nSPS) is 11.7. The summed E-state index contributed by atoms with van der Waals surface area (Å²) < 4.78 is 0. The van der Waals surface area contributed by atoms with Crippen molar-refractivity contribution < 1.29 is 4.79 Å². The first-order valence-electron chi connectivity index (χ1n) is 7.39. The second-order valence-electron chi connectivity index (χ2n) is 5.20. The number of imidazole rings is 1. The van der Waals surface area contributed by atoms with Gasteiger partial charge in [-0.3, -0.25) is 4.79 Å². The van der Waals surface area contributed by atoms with Crippen LogP contribution < -0.4 is 5.43 Å². The van der Waals surface area contributed by atoms with Gasteiger partial charge < -0.3 is 4.98 Å². The highest BCUT2D eigenvalue weighted by Crippen LogP contribution is 2.21. The first-order valence-corrected chi connectivity index (χ1v) is 9.13. The monoisotopic (exact) mass is 392 g/mol. The molecule has 8 heteroatoms. The molecule has 0 aliphatic carbocycles. The average Bonchev–Trinajstić information content (AvgIpc) is 3.01. The van der Waals surface area contributed by atoms with Gasteiger partial charge in [0.1, 0.15) is 0 Å². The van der Waals surface area contributed by atoms with Crippen LogP contribution in [0.15, 0.2) is 52.7 Å². The van der Waals surface area contributed by atoms with Gasteiger partial charge in [0.25, 0.3) is 5.91 Å². The summed E-state index contributed by atoms with van der Waals surface area (Å²) >= 11 is 13.3. The SMILES string of the molecule is C/C(=N\NC(=O)CSc1nc2ccccc2[nH]1)c1ccc(Cl)cc1Cl. The van der Waals surface area contributed by atoms with Crippen molar-refractivity contribution in [2.24, 2.45) is 5.10 Å². The van der Waals surface area contributed by atoms with Crippen molar-refractivity contribution in [2.45, 2.75) is 12.1 Å². The van der Waals surface area contributed by atoms with Gasteiger partial charge in [0.15, 0.2) is 5.16 Å². The molecule has 1 heterocycles. The Morgan fingerprint density at radius 1 is 1.28 bits per heavy atom. The maximum Gasteiger partial charge on any atom is 0.250 e. The van der Waals surface area contributed by atoms with Crippen LogP contribution in [0.1, 0.15) is 12.5 Å². The van der Waals surface area contributed by atoms with Gasteiger partial charge in [-0.15, -0.1) is 0 Å². The highest BCUT2D eigenvalue weighted by molar-refractivity contribution is 7.99. The Morgan fingerprint density at radius 2 is 2.08 bits per heavy atom. The van der Waals surface area contributed by atoms with E-state index in [9.17, 15) is 4.79 Å². The number of benzene rings is 2. The molecule has 1 amide bonds. The number of thioether (sulfide) groups is 1. The number of carbonyl (C=O) groups is 1. The molecule has 128 valence electrons. The molecule has 0 atom stereocenters. The molecule has 0 radical (unpaired) electrons. The molecular weight excluding hydrogens is 379 g/mol. The van der Waals surface area contributed by atoms with Crippen molar-refractivity contribution in [3.05, 3.63) is 58.1 Å². The van der Waals surface area contributed by atoms with Crippen LogP contribution in [0.2, 0.25) is 10.0 Å². The van der Waals surface area contributed by atoms with E-state index in [-0.39, 0.29) is 11.7 Å². The standard InChI is InChI=1S/C17H14Cl2N4OS/c1-10(12-7-6-11(18)8-13(12)19)22-23-16(24)9-25-17-20-14-4-2-3-5-15(14)21-17/h2-8H,9H2,1H3,(H,20,21)(H,23,24)/b22-10+. The second-order valence-corrected chi connectivity index (χ2v) is 7.01. The van der Waals surface area contributed by atoms with Gasteiger partial charge in [-0.1, -0.05) is 53.2 Å². The van der Waals surface area contributed by atoms with Crippen molar-refractivity contribution in [2.75, 3.05) is 5.75 Å². The minimum atomic E-state index is -0.227. The number of aromatic amines is 1. The maximum absolute atomic E-state index is 12.0. The number of fused-ring (bicyclic) bond motifs is 1. The molecule has 0 saturated carbocycles. The van der Waals surface area contributed by atoms with E-state index >= 15 is 0 Å². The minimum absolute atomic E-state index is 0.199. The number of nitrogens with one attached hydrogen (secondary N) is 2. The first kappa shape index (κ1) is 17.8. The Morgan fingerprint density at radius 3 is 2.84 bits per heavy atom.